The van der Waals surface area contributed by atoms with Crippen LogP contribution in [0.25, 0.3) is 0 Å². The largest absolute Gasteiger partial charge is 0.378 e. The molecule has 1 amide bonds. The summed E-state index contributed by atoms with van der Waals surface area (Å²) in [5, 5.41) is 7.88. The summed E-state index contributed by atoms with van der Waals surface area (Å²) in [6.07, 6.45) is 10.8. The fraction of sp³-hybridized carbons (Fsp3) is 0.765. The van der Waals surface area contributed by atoms with Gasteiger partial charge in [0.1, 0.15) is 0 Å². The van der Waals surface area contributed by atoms with Gasteiger partial charge in [-0.15, -0.1) is 0 Å². The van der Waals surface area contributed by atoms with Crippen molar-refractivity contribution in [1.82, 2.24) is 15.1 Å². The van der Waals surface area contributed by atoms with Crippen molar-refractivity contribution >= 4 is 11.6 Å². The lowest BCUT2D eigenvalue weighted by Gasteiger charge is -2.38. The number of rotatable bonds is 3. The standard InChI is InChI=1S/C17H26N4O2/c1-20-11-12(10-18-20)21-8-3-5-15(17(21)22)19-14-4-2-6-16-13(14)7-9-23-16/h10-11,13-16,19H,2-9H2,1H3. The molecular formula is C17H26N4O2. The second kappa shape index (κ2) is 6.24. The van der Waals surface area contributed by atoms with Crippen LogP contribution < -0.4 is 10.2 Å². The lowest BCUT2D eigenvalue weighted by atomic mass is 9.81. The predicted molar refractivity (Wildman–Crippen MR) is 87.2 cm³/mol. The molecule has 3 heterocycles. The number of carbonyl (C=O) groups excluding carboxylic acids is 1. The normalized spacial score (nSPS) is 34.7. The average molecular weight is 318 g/mol. The van der Waals surface area contributed by atoms with Gasteiger partial charge in [0.25, 0.3) is 0 Å². The zero-order valence-corrected chi connectivity index (χ0v) is 13.8. The van der Waals surface area contributed by atoms with Crippen LogP contribution in [0.1, 0.15) is 38.5 Å². The number of fused-ring (bicyclic) bond motifs is 1. The molecule has 6 nitrogen and oxygen atoms in total. The third-order valence-electron chi connectivity index (χ3n) is 5.64. The van der Waals surface area contributed by atoms with Gasteiger partial charge in [-0.2, -0.15) is 5.10 Å². The highest BCUT2D eigenvalue weighted by Gasteiger charge is 2.40. The van der Waals surface area contributed by atoms with Crippen LogP contribution in [-0.2, 0) is 16.6 Å². The summed E-state index contributed by atoms with van der Waals surface area (Å²) >= 11 is 0. The molecule has 1 aliphatic carbocycles. The van der Waals surface area contributed by atoms with E-state index in [0.717, 1.165) is 38.1 Å². The van der Waals surface area contributed by atoms with E-state index in [1.165, 1.54) is 19.3 Å². The monoisotopic (exact) mass is 318 g/mol. The van der Waals surface area contributed by atoms with E-state index in [4.69, 9.17) is 4.74 Å². The lowest BCUT2D eigenvalue weighted by molar-refractivity contribution is -0.122. The maximum Gasteiger partial charge on any atom is 0.244 e. The Labute approximate surface area is 137 Å². The van der Waals surface area contributed by atoms with Crippen molar-refractivity contribution in [3.8, 4) is 0 Å². The van der Waals surface area contributed by atoms with Crippen molar-refractivity contribution in [2.45, 2.75) is 56.7 Å². The number of anilines is 1. The van der Waals surface area contributed by atoms with E-state index in [9.17, 15) is 4.79 Å². The molecule has 4 unspecified atom stereocenters. The molecule has 3 aliphatic rings. The molecule has 0 aromatic carbocycles. The number of nitrogens with one attached hydrogen (secondary N) is 1. The Morgan fingerprint density at radius 2 is 2.17 bits per heavy atom. The molecule has 0 radical (unpaired) electrons. The van der Waals surface area contributed by atoms with Gasteiger partial charge in [0, 0.05) is 38.4 Å². The first-order chi connectivity index (χ1) is 11.2. The van der Waals surface area contributed by atoms with Crippen molar-refractivity contribution in [1.29, 1.82) is 0 Å². The fourth-order valence-electron chi connectivity index (χ4n) is 4.48. The number of amides is 1. The van der Waals surface area contributed by atoms with Crippen molar-refractivity contribution in [2.24, 2.45) is 13.0 Å². The number of hydrogen-bond acceptors (Lipinski definition) is 4. The highest BCUT2D eigenvalue weighted by molar-refractivity contribution is 5.97. The van der Waals surface area contributed by atoms with E-state index < -0.39 is 0 Å². The van der Waals surface area contributed by atoms with Crippen molar-refractivity contribution < 1.29 is 9.53 Å². The maximum absolute atomic E-state index is 12.9. The Hall–Kier alpha value is -1.40. The summed E-state index contributed by atoms with van der Waals surface area (Å²) in [4.78, 5) is 14.8. The zero-order valence-electron chi connectivity index (χ0n) is 13.8. The van der Waals surface area contributed by atoms with Crippen LogP contribution in [0, 0.1) is 5.92 Å². The molecular weight excluding hydrogens is 292 g/mol. The highest BCUT2D eigenvalue weighted by atomic mass is 16.5. The molecule has 2 saturated heterocycles. The minimum atomic E-state index is -0.0618. The number of piperidine rings is 1. The predicted octanol–water partition coefficient (Wildman–Crippen LogP) is 1.46. The smallest absolute Gasteiger partial charge is 0.244 e. The zero-order chi connectivity index (χ0) is 15.8. The molecule has 126 valence electrons. The van der Waals surface area contributed by atoms with Gasteiger partial charge in [-0.1, -0.05) is 0 Å². The van der Waals surface area contributed by atoms with Gasteiger partial charge in [-0.25, -0.2) is 0 Å². The minimum absolute atomic E-state index is 0.0618. The van der Waals surface area contributed by atoms with Gasteiger partial charge in [0.15, 0.2) is 0 Å². The maximum atomic E-state index is 12.9. The summed E-state index contributed by atoms with van der Waals surface area (Å²) in [7, 11) is 1.88. The van der Waals surface area contributed by atoms with E-state index in [0.29, 0.717) is 18.1 Å². The minimum Gasteiger partial charge on any atom is -0.378 e. The van der Waals surface area contributed by atoms with Crippen LogP contribution in [0.15, 0.2) is 12.4 Å². The van der Waals surface area contributed by atoms with Gasteiger partial charge in [0.2, 0.25) is 5.91 Å². The molecule has 23 heavy (non-hydrogen) atoms. The van der Waals surface area contributed by atoms with Gasteiger partial charge in [-0.3, -0.25) is 9.48 Å². The fourth-order valence-corrected chi connectivity index (χ4v) is 4.48. The first-order valence-corrected chi connectivity index (χ1v) is 8.90. The van der Waals surface area contributed by atoms with Crippen LogP contribution in [0.5, 0.6) is 0 Å². The molecule has 1 saturated carbocycles. The SMILES string of the molecule is Cn1cc(N2CCCC(NC3CCCC4OCCC34)C2=O)cn1. The van der Waals surface area contributed by atoms with Crippen LogP contribution >= 0.6 is 0 Å². The Kier molecular flexibility index (Phi) is 4.11. The molecule has 0 bridgehead atoms. The van der Waals surface area contributed by atoms with Crippen LogP contribution in [0.4, 0.5) is 5.69 Å². The topological polar surface area (TPSA) is 59.4 Å². The molecule has 4 rings (SSSR count). The van der Waals surface area contributed by atoms with Gasteiger partial charge >= 0.3 is 0 Å². The molecule has 6 heteroatoms. The van der Waals surface area contributed by atoms with Crippen molar-refractivity contribution in [3.05, 3.63) is 12.4 Å². The Bertz CT molecular complexity index is 573. The van der Waals surface area contributed by atoms with Gasteiger partial charge < -0.3 is 15.0 Å². The van der Waals surface area contributed by atoms with Crippen molar-refractivity contribution in [2.75, 3.05) is 18.1 Å². The van der Waals surface area contributed by atoms with E-state index in [2.05, 4.69) is 10.4 Å². The first-order valence-electron chi connectivity index (χ1n) is 8.90. The molecule has 1 N–H and O–H groups in total. The van der Waals surface area contributed by atoms with Gasteiger partial charge in [-0.05, 0) is 38.5 Å². The van der Waals surface area contributed by atoms with Crippen LogP contribution in [0.3, 0.4) is 0 Å². The third-order valence-corrected chi connectivity index (χ3v) is 5.64. The number of carbonyl (C=O) groups is 1. The molecule has 3 fully saturated rings. The molecule has 1 aromatic heterocycles. The molecule has 0 spiro atoms. The molecule has 2 aliphatic heterocycles. The molecule has 1 aromatic rings. The second-order valence-electron chi connectivity index (χ2n) is 7.12. The summed E-state index contributed by atoms with van der Waals surface area (Å²) in [6.45, 7) is 1.68. The molecule has 4 atom stereocenters. The Morgan fingerprint density at radius 3 is 3.00 bits per heavy atom. The second-order valence-corrected chi connectivity index (χ2v) is 7.12. The van der Waals surface area contributed by atoms with Crippen LogP contribution in [-0.4, -0.2) is 47.0 Å². The van der Waals surface area contributed by atoms with E-state index in [-0.39, 0.29) is 11.9 Å². The number of ether oxygens (including phenoxy) is 1. The Morgan fingerprint density at radius 1 is 1.26 bits per heavy atom. The van der Waals surface area contributed by atoms with E-state index >= 15 is 0 Å². The first kappa shape index (κ1) is 15.1. The van der Waals surface area contributed by atoms with E-state index in [1.807, 2.05) is 18.1 Å². The summed E-state index contributed by atoms with van der Waals surface area (Å²) in [6, 6.07) is 0.368. The average Bonchev–Trinajstić information content (AvgIpc) is 3.18. The van der Waals surface area contributed by atoms with E-state index in [1.54, 1.807) is 10.9 Å². The lowest BCUT2D eigenvalue weighted by Crippen LogP contribution is -2.56. The summed E-state index contributed by atoms with van der Waals surface area (Å²) in [5.41, 5.74) is 0.912. The number of hydrogen-bond donors (Lipinski definition) is 1. The van der Waals surface area contributed by atoms with Crippen LogP contribution in [0.2, 0.25) is 0 Å². The Balaban J connectivity index is 1.45. The summed E-state index contributed by atoms with van der Waals surface area (Å²) in [5.74, 6) is 0.788. The quantitative estimate of drug-likeness (QED) is 0.917. The third kappa shape index (κ3) is 2.90. The number of aryl methyl sites for hydroxylation is 1. The number of aromatic nitrogens is 2. The van der Waals surface area contributed by atoms with Gasteiger partial charge in [0.05, 0.1) is 24.0 Å². The highest BCUT2D eigenvalue weighted by Crippen LogP contribution is 2.35. The summed E-state index contributed by atoms with van der Waals surface area (Å²) < 4.78 is 7.60. The van der Waals surface area contributed by atoms with Crippen molar-refractivity contribution in [3.63, 3.8) is 0 Å². The number of nitrogens with zero attached hydrogens (tertiary/aromatic N) is 3.